The highest BCUT2D eigenvalue weighted by molar-refractivity contribution is 5.02. The van der Waals surface area contributed by atoms with Gasteiger partial charge in [0.1, 0.15) is 0 Å². The lowest BCUT2D eigenvalue weighted by Crippen LogP contribution is -2.12. The molecular formula is C14H22. The van der Waals surface area contributed by atoms with Gasteiger partial charge in [-0.3, -0.25) is 0 Å². The highest BCUT2D eigenvalue weighted by atomic mass is 14.3. The lowest BCUT2D eigenvalue weighted by atomic mass is 9.82. The molecule has 3 aliphatic rings. The molecule has 14 heavy (non-hydrogen) atoms. The molecule has 2 unspecified atom stereocenters. The predicted octanol–water partition coefficient (Wildman–Crippen LogP) is 4.48. The minimum absolute atomic E-state index is 0.985. The fourth-order valence-electron chi connectivity index (χ4n) is 2.80. The largest absolute Gasteiger partial charge is 0.0885 e. The fourth-order valence-corrected chi connectivity index (χ4v) is 2.80. The topological polar surface area (TPSA) is 0 Å². The predicted molar refractivity (Wildman–Crippen MR) is 62.2 cm³/mol. The summed E-state index contributed by atoms with van der Waals surface area (Å²) in [4.78, 5) is 0. The number of rotatable bonds is 0. The molecule has 3 aliphatic carbocycles. The number of hydrogen-bond donors (Lipinski definition) is 0. The summed E-state index contributed by atoms with van der Waals surface area (Å²) in [7, 11) is 0. The van der Waals surface area contributed by atoms with Gasteiger partial charge in [0, 0.05) is 0 Å². The van der Waals surface area contributed by atoms with Gasteiger partial charge in [-0.1, -0.05) is 37.1 Å². The van der Waals surface area contributed by atoms with Crippen LogP contribution in [0.25, 0.3) is 0 Å². The molecule has 0 heteroatoms. The van der Waals surface area contributed by atoms with Gasteiger partial charge in [0.15, 0.2) is 0 Å². The van der Waals surface area contributed by atoms with Crippen molar-refractivity contribution in [3.63, 3.8) is 0 Å². The lowest BCUT2D eigenvalue weighted by molar-refractivity contribution is 0.304. The van der Waals surface area contributed by atoms with Gasteiger partial charge in [0.25, 0.3) is 0 Å². The molecule has 0 aliphatic heterocycles. The van der Waals surface area contributed by atoms with Crippen molar-refractivity contribution < 1.29 is 0 Å². The van der Waals surface area contributed by atoms with Crippen molar-refractivity contribution in [3.05, 3.63) is 24.3 Å². The molecule has 78 valence electrons. The van der Waals surface area contributed by atoms with E-state index < -0.39 is 0 Å². The maximum absolute atomic E-state index is 2.43. The van der Waals surface area contributed by atoms with E-state index in [9.17, 15) is 0 Å². The van der Waals surface area contributed by atoms with Crippen LogP contribution >= 0.6 is 0 Å². The molecule has 0 nitrogen and oxygen atoms in total. The van der Waals surface area contributed by atoms with Crippen LogP contribution in [0.3, 0.4) is 0 Å². The molecule has 0 aromatic rings. The molecule has 0 amide bonds. The summed E-state index contributed by atoms with van der Waals surface area (Å²) in [5, 5.41) is 0. The van der Waals surface area contributed by atoms with E-state index in [0.717, 1.165) is 11.8 Å². The Morgan fingerprint density at radius 2 is 1.57 bits per heavy atom. The zero-order valence-electron chi connectivity index (χ0n) is 9.12. The summed E-state index contributed by atoms with van der Waals surface area (Å²) in [6, 6.07) is 0. The summed E-state index contributed by atoms with van der Waals surface area (Å²) < 4.78 is 0. The second kappa shape index (κ2) is 5.38. The maximum atomic E-state index is 2.43. The monoisotopic (exact) mass is 190 g/mol. The first kappa shape index (κ1) is 10.0. The minimum Gasteiger partial charge on any atom is -0.0885 e. The molecule has 0 N–H and O–H groups in total. The van der Waals surface area contributed by atoms with Crippen molar-refractivity contribution in [2.75, 3.05) is 0 Å². The van der Waals surface area contributed by atoms with Gasteiger partial charge in [0.05, 0.1) is 0 Å². The molecule has 0 aromatic heterocycles. The minimum atomic E-state index is 0.985. The van der Waals surface area contributed by atoms with Crippen LogP contribution in [0.1, 0.15) is 51.4 Å². The molecule has 0 bridgehead atoms. The van der Waals surface area contributed by atoms with Crippen molar-refractivity contribution in [1.29, 1.82) is 0 Å². The Morgan fingerprint density at radius 1 is 0.786 bits per heavy atom. The summed E-state index contributed by atoms with van der Waals surface area (Å²) in [6.07, 6.45) is 20.6. The van der Waals surface area contributed by atoms with Gasteiger partial charge in [0.2, 0.25) is 0 Å². The quantitative estimate of drug-likeness (QED) is 0.494. The van der Waals surface area contributed by atoms with Crippen molar-refractivity contribution in [2.45, 2.75) is 51.4 Å². The number of hydrogen-bond acceptors (Lipinski definition) is 0. The maximum Gasteiger partial charge on any atom is -0.0202 e. The third-order valence-electron chi connectivity index (χ3n) is 3.70. The van der Waals surface area contributed by atoms with Crippen molar-refractivity contribution in [1.82, 2.24) is 0 Å². The Kier molecular flexibility index (Phi) is 3.85. The van der Waals surface area contributed by atoms with E-state index in [4.69, 9.17) is 0 Å². The Balaban J connectivity index is 0.000000128. The third-order valence-corrected chi connectivity index (χ3v) is 3.70. The zero-order chi connectivity index (χ0) is 9.64. The Labute approximate surface area is 88.1 Å². The van der Waals surface area contributed by atoms with E-state index in [-0.39, 0.29) is 0 Å². The van der Waals surface area contributed by atoms with Gasteiger partial charge >= 0.3 is 0 Å². The van der Waals surface area contributed by atoms with E-state index in [0.29, 0.717) is 0 Å². The Hall–Kier alpha value is -0.520. The molecular weight excluding hydrogens is 168 g/mol. The highest BCUT2D eigenvalue weighted by Gasteiger charge is 2.24. The van der Waals surface area contributed by atoms with Crippen molar-refractivity contribution in [2.24, 2.45) is 11.8 Å². The van der Waals surface area contributed by atoms with Crippen LogP contribution < -0.4 is 0 Å². The molecule has 0 saturated heterocycles. The van der Waals surface area contributed by atoms with E-state index in [1.54, 1.807) is 0 Å². The Morgan fingerprint density at radius 3 is 2.21 bits per heavy atom. The van der Waals surface area contributed by atoms with Crippen LogP contribution in [0.2, 0.25) is 0 Å². The zero-order valence-corrected chi connectivity index (χ0v) is 9.12. The van der Waals surface area contributed by atoms with Crippen LogP contribution in [-0.4, -0.2) is 0 Å². The van der Waals surface area contributed by atoms with Crippen LogP contribution in [-0.2, 0) is 0 Å². The van der Waals surface area contributed by atoms with Crippen LogP contribution in [0.15, 0.2) is 24.3 Å². The molecule has 2 atom stereocenters. The smallest absolute Gasteiger partial charge is 0.0202 e. The molecule has 1 fully saturated rings. The van der Waals surface area contributed by atoms with Crippen LogP contribution in [0, 0.1) is 11.8 Å². The molecule has 0 heterocycles. The number of allylic oxidation sites excluding steroid dienone is 4. The standard InChI is InChI=1S/C9H14.C5H8/c1-2-5-9-7-3-6-8(9)4-1;1-2-4-5-3-1/h3,6,8-9H,1-2,4-5,7H2;1-2H,3-5H2. The first-order chi connectivity index (χ1) is 6.97. The van der Waals surface area contributed by atoms with Crippen LogP contribution in [0.5, 0.6) is 0 Å². The first-order valence-corrected chi connectivity index (χ1v) is 6.28. The van der Waals surface area contributed by atoms with Gasteiger partial charge in [-0.25, -0.2) is 0 Å². The summed E-state index contributed by atoms with van der Waals surface area (Å²) in [5.41, 5.74) is 0. The first-order valence-electron chi connectivity index (χ1n) is 6.28. The highest BCUT2D eigenvalue weighted by Crippen LogP contribution is 2.37. The lowest BCUT2D eigenvalue weighted by Gasteiger charge is -2.23. The van der Waals surface area contributed by atoms with Gasteiger partial charge < -0.3 is 0 Å². The second-order valence-corrected chi connectivity index (χ2v) is 4.77. The van der Waals surface area contributed by atoms with Gasteiger partial charge in [-0.15, -0.1) is 0 Å². The summed E-state index contributed by atoms with van der Waals surface area (Å²) in [5.74, 6) is 2.04. The van der Waals surface area contributed by atoms with Gasteiger partial charge in [-0.2, -0.15) is 0 Å². The Bertz CT molecular complexity index is 206. The fraction of sp³-hybridized carbons (Fsp3) is 0.714. The normalized spacial score (nSPS) is 33.7. The van der Waals surface area contributed by atoms with E-state index in [1.807, 2.05) is 0 Å². The molecule has 0 aromatic carbocycles. The van der Waals surface area contributed by atoms with Crippen molar-refractivity contribution >= 4 is 0 Å². The SMILES string of the molecule is C1=CC2CCCCC2C1.C1=CCCC1. The van der Waals surface area contributed by atoms with Crippen molar-refractivity contribution in [3.8, 4) is 0 Å². The molecule has 1 saturated carbocycles. The van der Waals surface area contributed by atoms with E-state index in [2.05, 4.69) is 24.3 Å². The second-order valence-electron chi connectivity index (χ2n) is 4.77. The average molecular weight is 190 g/mol. The average Bonchev–Trinajstić information content (AvgIpc) is 2.92. The van der Waals surface area contributed by atoms with Gasteiger partial charge in [-0.05, 0) is 50.4 Å². The molecule has 3 rings (SSSR count). The third kappa shape index (κ3) is 2.73. The number of fused-ring (bicyclic) bond motifs is 1. The molecule has 0 spiro atoms. The summed E-state index contributed by atoms with van der Waals surface area (Å²) in [6.45, 7) is 0. The summed E-state index contributed by atoms with van der Waals surface area (Å²) >= 11 is 0. The molecule has 0 radical (unpaired) electrons. The van der Waals surface area contributed by atoms with E-state index >= 15 is 0 Å². The van der Waals surface area contributed by atoms with Crippen LogP contribution in [0.4, 0.5) is 0 Å². The van der Waals surface area contributed by atoms with E-state index in [1.165, 1.54) is 51.4 Å².